The van der Waals surface area contributed by atoms with Crippen molar-refractivity contribution in [2.24, 2.45) is 23.7 Å². The molecule has 0 spiro atoms. The van der Waals surface area contributed by atoms with Crippen LogP contribution in [0, 0.1) is 79.1 Å². The molecule has 0 bridgehead atoms. The number of carboxylic acids is 1. The molecule has 1 unspecified atom stereocenters. The zero-order valence-corrected chi connectivity index (χ0v) is 40.2. The summed E-state index contributed by atoms with van der Waals surface area (Å²) in [5.41, 5.74) is 3.42. The molecule has 1 rings (SSSR count). The maximum absolute atomic E-state index is 10.3. The van der Waals surface area contributed by atoms with Crippen molar-refractivity contribution < 1.29 is 118 Å². The molecule has 0 aromatic rings. The Labute approximate surface area is 375 Å². The Bertz CT molecular complexity index is 628. The Morgan fingerprint density at radius 2 is 0.925 bits per heavy atom. The predicted octanol–water partition coefficient (Wildman–Crippen LogP) is 8.64. The summed E-state index contributed by atoms with van der Waals surface area (Å²) >= 11 is 0. The van der Waals surface area contributed by atoms with Crippen LogP contribution >= 0.6 is 0 Å². The normalized spacial score (nSPS) is 11.3. The first-order valence-corrected chi connectivity index (χ1v) is 16.9. The van der Waals surface area contributed by atoms with E-state index in [2.05, 4.69) is 121 Å². The summed E-state index contributed by atoms with van der Waals surface area (Å²) in [5.74, 6) is 0.629. The van der Waals surface area contributed by atoms with E-state index in [1.54, 1.807) is 0 Å². The summed E-state index contributed by atoms with van der Waals surface area (Å²) in [5, 5.41) is 14.8. The summed E-state index contributed by atoms with van der Waals surface area (Å²) in [4.78, 5) is 42.9. The molecule has 1 aliphatic heterocycles. The minimum absolute atomic E-state index is 0. The topological polar surface area (TPSA) is 160 Å². The van der Waals surface area contributed by atoms with E-state index in [4.69, 9.17) is 24.7 Å². The van der Waals surface area contributed by atoms with Crippen molar-refractivity contribution in [3.8, 4) is 0 Å². The summed E-state index contributed by atoms with van der Waals surface area (Å²) in [6.07, 6.45) is 12.1. The van der Waals surface area contributed by atoms with E-state index in [9.17, 15) is 14.4 Å². The zero-order chi connectivity index (χ0) is 40.2. The average molecular weight is 909 g/mol. The second kappa shape index (κ2) is 69.5. The van der Waals surface area contributed by atoms with Gasteiger partial charge in [0.1, 0.15) is 11.8 Å². The number of amides is 2. The van der Waals surface area contributed by atoms with E-state index < -0.39 is 23.8 Å². The van der Waals surface area contributed by atoms with Crippen LogP contribution in [0.15, 0.2) is 0 Å². The number of rotatable bonds is 10. The SMILES string of the molecule is [CH2-]C(=O)NO.[CH2-]C(=O)NOC1CCCCO1.[CH2-]C(=O)O.[CH2-]C(=O)OC.[CH2-]CCC(C)C.[CH2-]CCC(C)C.[CH2-]CCC(C)C.[CH2-]CCC(C)C.[V+2].[V+2].[V+2].[V+2]. The Kier molecular flexibility index (Phi) is 106. The third-order valence-corrected chi connectivity index (χ3v) is 4.92. The molecule has 53 heavy (non-hydrogen) atoms. The molecule has 4 N–H and O–H groups in total. The molecule has 312 valence electrons. The van der Waals surface area contributed by atoms with E-state index in [0.29, 0.717) is 6.61 Å². The van der Waals surface area contributed by atoms with Crippen LogP contribution in [0.4, 0.5) is 0 Å². The van der Waals surface area contributed by atoms with E-state index in [-0.39, 0.29) is 80.5 Å². The number of nitrogens with one attached hydrogen (secondary N) is 2. The van der Waals surface area contributed by atoms with Gasteiger partial charge in [-0.25, -0.2) is 4.84 Å². The number of aliphatic carboxylic acids is 1. The molecule has 2 amide bonds. The Morgan fingerprint density at radius 1 is 0.660 bits per heavy atom. The maximum atomic E-state index is 10.3. The van der Waals surface area contributed by atoms with E-state index in [1.807, 2.05) is 0 Å². The minimum Gasteiger partial charge on any atom is -0.503 e. The van der Waals surface area contributed by atoms with Crippen molar-refractivity contribution in [2.75, 3.05) is 13.7 Å². The van der Waals surface area contributed by atoms with Crippen LogP contribution in [0.2, 0.25) is 0 Å². The maximum Gasteiger partial charge on any atom is 2.00 e. The molecule has 0 aromatic carbocycles. The van der Waals surface area contributed by atoms with Gasteiger partial charge < -0.3 is 65.7 Å². The van der Waals surface area contributed by atoms with E-state index >= 15 is 0 Å². The monoisotopic (exact) mass is 908 g/mol. The fourth-order valence-electron chi connectivity index (χ4n) is 2.57. The standard InChI is InChI=1S/C7H12NO3.4C6H13.C3H5O2.C2H4NO2.C2H3O2.4V/c1-6(9)8-11-7-4-2-3-5-10-7;4*1-4-5-6(2)3;1-3(4)5-2;1-2(4)3-5;1-2(3)4;;;;/h7H,1-5H2,(H,8,9);4*6H,1,4-5H2,2-3H3;1H2,2H3;5H,1H2,(H,3,4);1H2,(H,3,4);;;;/q8*-1;4*+2. The van der Waals surface area contributed by atoms with Crippen molar-refractivity contribution in [3.63, 3.8) is 0 Å². The largest absolute Gasteiger partial charge is 2.00 e. The molecule has 1 heterocycles. The summed E-state index contributed by atoms with van der Waals surface area (Å²) in [6.45, 7) is 44.6. The molecule has 1 saturated heterocycles. The molecule has 15 heteroatoms. The first-order valence-electron chi connectivity index (χ1n) is 16.9. The quantitative estimate of drug-likeness (QED) is 0.0729. The van der Waals surface area contributed by atoms with Gasteiger partial charge in [-0.15, -0.1) is 0 Å². The van der Waals surface area contributed by atoms with E-state index in [0.717, 1.165) is 68.6 Å². The Balaban J connectivity index is -0.0000000427. The summed E-state index contributed by atoms with van der Waals surface area (Å²) in [7, 11) is 1.29. The molecule has 1 aliphatic rings. The summed E-state index contributed by atoms with van der Waals surface area (Å²) < 4.78 is 9.16. The number of carbonyl (C=O) groups is 4. The van der Waals surface area contributed by atoms with Gasteiger partial charge in [0, 0.05) is 13.0 Å². The van der Waals surface area contributed by atoms with Gasteiger partial charge in [-0.3, -0.25) is 39.6 Å². The molecule has 1 fully saturated rings. The van der Waals surface area contributed by atoms with Crippen molar-refractivity contribution in [1.29, 1.82) is 0 Å². The number of hydrogen-bond donors (Lipinski definition) is 4. The van der Waals surface area contributed by atoms with Crippen LogP contribution in [-0.4, -0.2) is 54.1 Å². The number of ether oxygens (including phenoxy) is 2. The number of carbonyl (C=O) groups excluding carboxylic acids is 3. The summed E-state index contributed by atoms with van der Waals surface area (Å²) in [6, 6.07) is 0. The van der Waals surface area contributed by atoms with Crippen LogP contribution in [0.5, 0.6) is 0 Å². The second-order valence-corrected chi connectivity index (χ2v) is 12.1. The third kappa shape index (κ3) is 155. The molecule has 11 nitrogen and oxygen atoms in total. The first-order chi connectivity index (χ1) is 22.6. The van der Waals surface area contributed by atoms with Gasteiger partial charge in [0.25, 0.3) is 0 Å². The molecular weight excluding hydrogens is 832 g/mol. The fourth-order valence-corrected chi connectivity index (χ4v) is 2.57. The van der Waals surface area contributed by atoms with Gasteiger partial charge in [-0.05, 0) is 36.5 Å². The van der Waals surface area contributed by atoms with E-state index in [1.165, 1.54) is 38.3 Å². The van der Waals surface area contributed by atoms with Gasteiger partial charge in [0.15, 0.2) is 18.2 Å². The van der Waals surface area contributed by atoms with Crippen LogP contribution in [-0.2, 0) is 108 Å². The first kappa shape index (κ1) is 80.9. The molecule has 1 atom stereocenters. The van der Waals surface area contributed by atoms with Crippen molar-refractivity contribution in [1.82, 2.24) is 11.0 Å². The molecular formula is C38H76N2O9V4. The average Bonchev–Trinajstić information content (AvgIpc) is 2.98. The molecule has 0 saturated carbocycles. The predicted molar refractivity (Wildman–Crippen MR) is 202 cm³/mol. The van der Waals surface area contributed by atoms with Crippen molar-refractivity contribution >= 4 is 23.8 Å². The molecule has 4 radical (unpaired) electrons. The third-order valence-electron chi connectivity index (χ3n) is 4.92. The second-order valence-electron chi connectivity index (χ2n) is 12.1. The van der Waals surface area contributed by atoms with Crippen molar-refractivity contribution in [2.45, 2.75) is 132 Å². The Hall–Kier alpha value is -0.422. The van der Waals surface area contributed by atoms with Crippen LogP contribution in [0.1, 0.15) is 126 Å². The number of hydrogen-bond acceptors (Lipinski definition) is 8. The minimum atomic E-state index is -1.08. The van der Waals surface area contributed by atoms with Gasteiger partial charge in [0.2, 0.25) is 0 Å². The van der Waals surface area contributed by atoms with Gasteiger partial charge >= 0.3 is 74.2 Å². The van der Waals surface area contributed by atoms with Crippen LogP contribution in [0.3, 0.4) is 0 Å². The zero-order valence-electron chi connectivity index (χ0n) is 34.6. The Morgan fingerprint density at radius 3 is 1.04 bits per heavy atom. The number of carboxylic acid groups (broad SMARTS) is 1. The smallest absolute Gasteiger partial charge is 0.503 e. The van der Waals surface area contributed by atoms with Crippen LogP contribution < -0.4 is 11.0 Å². The number of methoxy groups -OCH3 is 1. The van der Waals surface area contributed by atoms with Gasteiger partial charge in [-0.1, -0.05) is 81.1 Å². The van der Waals surface area contributed by atoms with Crippen molar-refractivity contribution in [3.05, 3.63) is 55.4 Å². The van der Waals surface area contributed by atoms with Gasteiger partial charge in [0.05, 0.1) is 7.11 Å². The number of esters is 1. The fraction of sp³-hybridized carbons (Fsp3) is 0.684. The van der Waals surface area contributed by atoms with Gasteiger partial charge in [-0.2, -0.15) is 25.7 Å². The number of hydroxylamine groups is 2. The van der Waals surface area contributed by atoms with Crippen LogP contribution in [0.25, 0.3) is 0 Å². The molecule has 0 aliphatic carbocycles. The molecule has 0 aromatic heterocycles.